The van der Waals surface area contributed by atoms with E-state index >= 15 is 0 Å². The Bertz CT molecular complexity index is 135. The lowest BCUT2D eigenvalue weighted by Gasteiger charge is -1.91. The van der Waals surface area contributed by atoms with Crippen molar-refractivity contribution in [3.63, 3.8) is 0 Å². The molecule has 0 aromatic rings. The average molecular weight is 182 g/mol. The number of allylic oxidation sites excluding steroid dienone is 1. The van der Waals surface area contributed by atoms with Crippen LogP contribution in [0.2, 0.25) is 0 Å². The Labute approximate surface area is 59.7 Å². The summed E-state index contributed by atoms with van der Waals surface area (Å²) < 4.78 is 0. The lowest BCUT2D eigenvalue weighted by molar-refractivity contribution is -0.107. The van der Waals surface area contributed by atoms with E-state index in [0.717, 1.165) is 0 Å². The van der Waals surface area contributed by atoms with Crippen molar-refractivity contribution in [2.24, 2.45) is 11.2 Å². The zero-order valence-electron chi connectivity index (χ0n) is 4.72. The SMILES string of the molecule is NP/C(N)=C\C(=O)PP. The highest BCUT2D eigenvalue weighted by atomic mass is 32.0. The zero-order valence-corrected chi connectivity index (χ0v) is 7.87. The molecule has 0 aromatic carbocycles. The predicted octanol–water partition coefficient (Wildman–Crippen LogP) is 0.334. The van der Waals surface area contributed by atoms with Crippen molar-refractivity contribution in [3.8, 4) is 0 Å². The summed E-state index contributed by atoms with van der Waals surface area (Å²) in [5.74, 6) is 0. The Morgan fingerprint density at radius 3 is 2.56 bits per heavy atom. The van der Waals surface area contributed by atoms with Crippen LogP contribution in [0.3, 0.4) is 0 Å². The summed E-state index contributed by atoms with van der Waals surface area (Å²) in [7, 11) is 2.58. The molecule has 0 rings (SSSR count). The van der Waals surface area contributed by atoms with Crippen LogP contribution in [0, 0.1) is 0 Å². The number of rotatable bonds is 3. The van der Waals surface area contributed by atoms with Crippen LogP contribution < -0.4 is 11.2 Å². The maximum Gasteiger partial charge on any atom is 0.179 e. The van der Waals surface area contributed by atoms with Crippen LogP contribution in [-0.4, -0.2) is 5.52 Å². The molecule has 0 bridgehead atoms. The van der Waals surface area contributed by atoms with Gasteiger partial charge in [0.15, 0.2) is 5.52 Å². The third kappa shape index (κ3) is 4.93. The van der Waals surface area contributed by atoms with Gasteiger partial charge in [-0.25, -0.2) is 0 Å². The molecule has 0 saturated carbocycles. The third-order valence-electron chi connectivity index (χ3n) is 0.596. The second kappa shape index (κ2) is 5.26. The highest BCUT2D eigenvalue weighted by Gasteiger charge is 1.92. The molecule has 0 spiro atoms. The smallest absolute Gasteiger partial charge is 0.179 e. The molecule has 0 radical (unpaired) electrons. The Kier molecular flexibility index (Phi) is 5.53. The summed E-state index contributed by atoms with van der Waals surface area (Å²) in [5, 5.41) is 0. The van der Waals surface area contributed by atoms with E-state index in [0.29, 0.717) is 5.44 Å². The standard InChI is InChI=1S/C3H9N2OP3/c4-2(8-5)1-3(6)9-7/h1,8-9H,4-5,7H2/b2-1-. The second-order valence-corrected chi connectivity index (χ2v) is 3.77. The van der Waals surface area contributed by atoms with Gasteiger partial charge in [0.2, 0.25) is 0 Å². The minimum atomic E-state index is 0.0236. The van der Waals surface area contributed by atoms with E-state index < -0.39 is 0 Å². The van der Waals surface area contributed by atoms with Crippen molar-refractivity contribution in [1.82, 2.24) is 0 Å². The van der Waals surface area contributed by atoms with Gasteiger partial charge < -0.3 is 11.2 Å². The Balaban J connectivity index is 3.79. The first-order valence-corrected chi connectivity index (χ1v) is 6.03. The molecule has 0 fully saturated rings. The van der Waals surface area contributed by atoms with Gasteiger partial charge in [0.05, 0.1) is 0 Å². The number of hydrogen-bond acceptors (Lipinski definition) is 3. The molecule has 4 N–H and O–H groups in total. The monoisotopic (exact) mass is 182 g/mol. The van der Waals surface area contributed by atoms with Gasteiger partial charge in [-0.1, -0.05) is 0 Å². The van der Waals surface area contributed by atoms with E-state index in [1.54, 1.807) is 0 Å². The molecular weight excluding hydrogens is 173 g/mol. The normalized spacial score (nSPS) is 14.2. The summed E-state index contributed by atoms with van der Waals surface area (Å²) in [6, 6.07) is 0. The molecule has 9 heavy (non-hydrogen) atoms. The first-order valence-electron chi connectivity index (χ1n) is 2.15. The van der Waals surface area contributed by atoms with E-state index in [4.69, 9.17) is 11.2 Å². The largest absolute Gasteiger partial charge is 0.398 e. The maximum atomic E-state index is 10.6. The van der Waals surface area contributed by atoms with Crippen LogP contribution in [0.15, 0.2) is 11.5 Å². The van der Waals surface area contributed by atoms with E-state index in [9.17, 15) is 4.79 Å². The number of nitrogens with two attached hydrogens (primary N) is 2. The van der Waals surface area contributed by atoms with Gasteiger partial charge >= 0.3 is 0 Å². The van der Waals surface area contributed by atoms with Crippen molar-refractivity contribution < 1.29 is 4.79 Å². The first-order chi connectivity index (χ1) is 4.20. The lowest BCUT2D eigenvalue weighted by Crippen LogP contribution is -1.95. The van der Waals surface area contributed by atoms with Crippen molar-refractivity contribution in [1.29, 1.82) is 0 Å². The highest BCUT2D eigenvalue weighted by Crippen LogP contribution is 2.23. The summed E-state index contributed by atoms with van der Waals surface area (Å²) in [6.07, 6.45) is 1.38. The van der Waals surface area contributed by atoms with Gasteiger partial charge in [0.25, 0.3) is 0 Å². The van der Waals surface area contributed by atoms with Crippen LogP contribution in [0.5, 0.6) is 0 Å². The molecule has 0 amide bonds. The summed E-state index contributed by atoms with van der Waals surface area (Å²) in [4.78, 5) is 10.6. The minimum absolute atomic E-state index is 0.0236. The quantitative estimate of drug-likeness (QED) is 0.488. The van der Waals surface area contributed by atoms with Gasteiger partial charge in [0.1, 0.15) is 0 Å². The van der Waals surface area contributed by atoms with Gasteiger partial charge in [0, 0.05) is 11.5 Å². The van der Waals surface area contributed by atoms with E-state index in [-0.39, 0.29) is 22.5 Å². The van der Waals surface area contributed by atoms with Crippen LogP contribution >= 0.6 is 25.9 Å². The van der Waals surface area contributed by atoms with Gasteiger partial charge in [-0.15, -0.1) is 8.93 Å². The van der Waals surface area contributed by atoms with E-state index in [2.05, 4.69) is 8.93 Å². The van der Waals surface area contributed by atoms with Crippen LogP contribution in [0.1, 0.15) is 0 Å². The highest BCUT2D eigenvalue weighted by molar-refractivity contribution is 8.11. The van der Waals surface area contributed by atoms with E-state index in [1.807, 2.05) is 0 Å². The fraction of sp³-hybridized carbons (Fsp3) is 0. The zero-order chi connectivity index (χ0) is 7.28. The molecular formula is C3H9N2OP3. The van der Waals surface area contributed by atoms with Gasteiger partial charge in [-0.3, -0.25) is 4.79 Å². The molecule has 3 atom stereocenters. The molecule has 0 aliphatic carbocycles. The summed E-state index contributed by atoms with van der Waals surface area (Å²) in [5.41, 5.74) is 10.9. The molecule has 3 nitrogen and oxygen atoms in total. The fourth-order valence-corrected chi connectivity index (χ4v) is 1.07. The number of carbonyl (C=O) groups is 1. The molecule has 3 unspecified atom stereocenters. The number of carbonyl (C=O) groups excluding carboxylic acids is 1. The Morgan fingerprint density at radius 2 is 2.22 bits per heavy atom. The second-order valence-electron chi connectivity index (χ2n) is 1.25. The van der Waals surface area contributed by atoms with Gasteiger partial charge in [-0.2, -0.15) is 0 Å². The Hall–Kier alpha value is 0.460. The first kappa shape index (κ1) is 9.46. The molecule has 0 aliphatic rings. The predicted molar refractivity (Wildman–Crippen MR) is 47.8 cm³/mol. The maximum absolute atomic E-state index is 10.6. The Morgan fingerprint density at radius 1 is 1.67 bits per heavy atom. The fourth-order valence-electron chi connectivity index (χ4n) is 0.225. The number of hydrogen-bond donors (Lipinski definition) is 2. The molecule has 0 saturated heterocycles. The van der Waals surface area contributed by atoms with Crippen molar-refractivity contribution >= 4 is 31.5 Å². The summed E-state index contributed by atoms with van der Waals surface area (Å²) in [6.45, 7) is 0. The molecule has 0 heterocycles. The van der Waals surface area contributed by atoms with Crippen LogP contribution in [-0.2, 0) is 4.79 Å². The molecule has 52 valence electrons. The minimum Gasteiger partial charge on any atom is -0.398 e. The molecule has 0 aromatic heterocycles. The summed E-state index contributed by atoms with van der Waals surface area (Å²) >= 11 is 0. The molecule has 0 aliphatic heterocycles. The topological polar surface area (TPSA) is 69.1 Å². The van der Waals surface area contributed by atoms with Crippen LogP contribution in [0.4, 0.5) is 0 Å². The van der Waals surface area contributed by atoms with Gasteiger partial charge in [-0.05, 0) is 17.0 Å². The third-order valence-corrected chi connectivity index (χ3v) is 2.36. The van der Waals surface area contributed by atoms with E-state index in [1.165, 1.54) is 6.08 Å². The van der Waals surface area contributed by atoms with Crippen molar-refractivity contribution in [2.45, 2.75) is 0 Å². The van der Waals surface area contributed by atoms with Crippen molar-refractivity contribution in [3.05, 3.63) is 11.5 Å². The molecule has 6 heteroatoms. The average Bonchev–Trinajstić information content (AvgIpc) is 1.87. The van der Waals surface area contributed by atoms with Crippen LogP contribution in [0.25, 0.3) is 0 Å². The van der Waals surface area contributed by atoms with Crippen molar-refractivity contribution in [2.75, 3.05) is 0 Å². The lowest BCUT2D eigenvalue weighted by atomic mass is 10.7.